The van der Waals surface area contributed by atoms with Gasteiger partial charge >= 0.3 is 0 Å². The van der Waals surface area contributed by atoms with Crippen molar-refractivity contribution in [1.82, 2.24) is 9.03 Å². The van der Waals surface area contributed by atoms with E-state index in [-0.39, 0.29) is 30.6 Å². The molecule has 0 aliphatic carbocycles. The first-order valence-electron chi connectivity index (χ1n) is 8.47. The van der Waals surface area contributed by atoms with Gasteiger partial charge in [0.1, 0.15) is 0 Å². The first kappa shape index (κ1) is 19.8. The van der Waals surface area contributed by atoms with Crippen LogP contribution in [-0.4, -0.2) is 43.9 Å². The number of rotatable bonds is 6. The van der Waals surface area contributed by atoms with Crippen LogP contribution in [0.4, 0.5) is 5.69 Å². The van der Waals surface area contributed by atoms with Gasteiger partial charge in [0.25, 0.3) is 10.2 Å². The summed E-state index contributed by atoms with van der Waals surface area (Å²) in [6, 6.07) is 7.12. The summed E-state index contributed by atoms with van der Waals surface area (Å²) in [5.41, 5.74) is 1.52. The third kappa shape index (κ3) is 5.78. The molecular formula is C17H27N3O4S. The van der Waals surface area contributed by atoms with Crippen LogP contribution >= 0.6 is 0 Å². The van der Waals surface area contributed by atoms with E-state index in [4.69, 9.17) is 4.74 Å². The fraction of sp³-hybridized carbons (Fsp3) is 0.588. The van der Waals surface area contributed by atoms with Crippen LogP contribution in [0, 0.1) is 5.92 Å². The van der Waals surface area contributed by atoms with Crippen molar-refractivity contribution in [3.8, 4) is 0 Å². The summed E-state index contributed by atoms with van der Waals surface area (Å²) in [7, 11) is -3.55. The number of morpholine rings is 1. The highest BCUT2D eigenvalue weighted by molar-refractivity contribution is 7.87. The third-order valence-corrected chi connectivity index (χ3v) is 5.42. The molecule has 1 heterocycles. The van der Waals surface area contributed by atoms with E-state index < -0.39 is 10.2 Å². The summed E-state index contributed by atoms with van der Waals surface area (Å²) in [5.74, 6) is -0.145. The Labute approximate surface area is 149 Å². The van der Waals surface area contributed by atoms with Gasteiger partial charge in [0.2, 0.25) is 5.91 Å². The van der Waals surface area contributed by atoms with E-state index in [0.29, 0.717) is 18.8 Å². The van der Waals surface area contributed by atoms with Gasteiger partial charge in [0.15, 0.2) is 0 Å². The van der Waals surface area contributed by atoms with Crippen molar-refractivity contribution in [2.45, 2.75) is 46.4 Å². The first-order chi connectivity index (χ1) is 11.7. The molecule has 140 valence electrons. The number of hydrogen-bond acceptors (Lipinski definition) is 4. The minimum absolute atomic E-state index is 0.0518. The second-order valence-electron chi connectivity index (χ2n) is 6.74. The maximum Gasteiger partial charge on any atom is 0.279 e. The highest BCUT2D eigenvalue weighted by atomic mass is 32.2. The molecule has 1 aliphatic rings. The molecule has 1 aliphatic heterocycles. The van der Waals surface area contributed by atoms with E-state index in [2.05, 4.69) is 10.0 Å². The SMILES string of the molecule is CC(C)C(=O)Nc1ccc(CNS(=O)(=O)N2C[C@H](C)O[C@@H](C)C2)cc1. The van der Waals surface area contributed by atoms with Crippen molar-refractivity contribution in [2.24, 2.45) is 5.92 Å². The Hall–Kier alpha value is -1.48. The van der Waals surface area contributed by atoms with Crippen LogP contribution in [0.25, 0.3) is 0 Å². The number of nitrogens with one attached hydrogen (secondary N) is 2. The molecule has 7 nitrogen and oxygen atoms in total. The minimum Gasteiger partial charge on any atom is -0.373 e. The van der Waals surface area contributed by atoms with Crippen molar-refractivity contribution in [3.05, 3.63) is 29.8 Å². The molecule has 1 saturated heterocycles. The zero-order chi connectivity index (χ0) is 18.6. The number of nitrogens with zero attached hydrogens (tertiary/aromatic N) is 1. The van der Waals surface area contributed by atoms with Gasteiger partial charge in [-0.2, -0.15) is 17.4 Å². The number of benzene rings is 1. The molecule has 1 aromatic carbocycles. The normalized spacial score (nSPS) is 22.1. The van der Waals surface area contributed by atoms with Crippen LogP contribution in [0.2, 0.25) is 0 Å². The predicted molar refractivity (Wildman–Crippen MR) is 97.3 cm³/mol. The van der Waals surface area contributed by atoms with Crippen LogP contribution < -0.4 is 10.0 Å². The lowest BCUT2D eigenvalue weighted by atomic mass is 10.2. The predicted octanol–water partition coefficient (Wildman–Crippen LogP) is 1.72. The molecule has 0 unspecified atom stereocenters. The summed E-state index contributed by atoms with van der Waals surface area (Å²) in [6.45, 7) is 8.27. The molecule has 0 spiro atoms. The molecule has 0 aromatic heterocycles. The molecule has 1 aromatic rings. The van der Waals surface area contributed by atoms with E-state index in [9.17, 15) is 13.2 Å². The quantitative estimate of drug-likeness (QED) is 0.799. The lowest BCUT2D eigenvalue weighted by Crippen LogP contribution is -2.51. The maximum absolute atomic E-state index is 12.4. The standard InChI is InChI=1S/C17H27N3O4S/c1-12(2)17(21)19-16-7-5-15(6-8-16)9-18-25(22,23)20-10-13(3)24-14(4)11-20/h5-8,12-14,18H,9-11H2,1-4H3,(H,19,21)/t13-,14-/m0/s1. The van der Waals surface area contributed by atoms with Crippen molar-refractivity contribution >= 4 is 21.8 Å². The van der Waals surface area contributed by atoms with E-state index in [0.717, 1.165) is 5.56 Å². The Morgan fingerprint density at radius 2 is 1.76 bits per heavy atom. The second kappa shape index (κ2) is 8.27. The van der Waals surface area contributed by atoms with Gasteiger partial charge in [0, 0.05) is 31.2 Å². The molecule has 1 amide bonds. The smallest absolute Gasteiger partial charge is 0.279 e. The van der Waals surface area contributed by atoms with Crippen molar-refractivity contribution in [2.75, 3.05) is 18.4 Å². The van der Waals surface area contributed by atoms with Gasteiger partial charge in [-0.3, -0.25) is 4.79 Å². The zero-order valence-corrected chi connectivity index (χ0v) is 16.0. The van der Waals surface area contributed by atoms with Gasteiger partial charge in [-0.05, 0) is 31.5 Å². The summed E-state index contributed by atoms with van der Waals surface area (Å²) in [5, 5.41) is 2.80. The summed E-state index contributed by atoms with van der Waals surface area (Å²) < 4.78 is 34.5. The Balaban J connectivity index is 1.93. The lowest BCUT2D eigenvalue weighted by molar-refractivity contribution is -0.118. The lowest BCUT2D eigenvalue weighted by Gasteiger charge is -2.34. The maximum atomic E-state index is 12.4. The van der Waals surface area contributed by atoms with Crippen molar-refractivity contribution < 1.29 is 17.9 Å². The Bertz CT molecular complexity index is 678. The number of hydrogen-bond donors (Lipinski definition) is 2. The van der Waals surface area contributed by atoms with E-state index in [1.165, 1.54) is 4.31 Å². The molecule has 0 radical (unpaired) electrons. The topological polar surface area (TPSA) is 87.7 Å². The van der Waals surface area contributed by atoms with Gasteiger partial charge < -0.3 is 10.1 Å². The fourth-order valence-electron chi connectivity index (χ4n) is 2.59. The molecule has 2 atom stereocenters. The molecular weight excluding hydrogens is 342 g/mol. The summed E-state index contributed by atoms with van der Waals surface area (Å²) >= 11 is 0. The number of amides is 1. The van der Waals surface area contributed by atoms with Crippen molar-refractivity contribution in [3.63, 3.8) is 0 Å². The molecule has 0 saturated carbocycles. The van der Waals surface area contributed by atoms with E-state index >= 15 is 0 Å². The van der Waals surface area contributed by atoms with Gasteiger partial charge in [-0.25, -0.2) is 0 Å². The third-order valence-electron chi connectivity index (χ3n) is 3.93. The Morgan fingerprint density at radius 1 is 1.20 bits per heavy atom. The number of carbonyl (C=O) groups excluding carboxylic acids is 1. The average Bonchev–Trinajstić information content (AvgIpc) is 2.53. The molecule has 8 heteroatoms. The Kier molecular flexibility index (Phi) is 6.56. The first-order valence-corrected chi connectivity index (χ1v) is 9.91. The monoisotopic (exact) mass is 369 g/mol. The largest absolute Gasteiger partial charge is 0.373 e. The van der Waals surface area contributed by atoms with E-state index in [1.54, 1.807) is 24.3 Å². The van der Waals surface area contributed by atoms with Gasteiger partial charge in [0.05, 0.1) is 12.2 Å². The number of anilines is 1. The fourth-order valence-corrected chi connectivity index (χ4v) is 3.93. The van der Waals surface area contributed by atoms with E-state index in [1.807, 2.05) is 27.7 Å². The minimum atomic E-state index is -3.55. The molecule has 25 heavy (non-hydrogen) atoms. The van der Waals surface area contributed by atoms with Crippen LogP contribution in [0.1, 0.15) is 33.3 Å². The zero-order valence-electron chi connectivity index (χ0n) is 15.2. The molecule has 1 fully saturated rings. The van der Waals surface area contributed by atoms with Crippen LogP contribution in [0.5, 0.6) is 0 Å². The number of ether oxygens (including phenoxy) is 1. The van der Waals surface area contributed by atoms with Crippen LogP contribution in [-0.2, 0) is 26.3 Å². The second-order valence-corrected chi connectivity index (χ2v) is 8.50. The molecule has 0 bridgehead atoms. The molecule has 2 N–H and O–H groups in total. The number of carbonyl (C=O) groups is 1. The molecule has 2 rings (SSSR count). The highest BCUT2D eigenvalue weighted by Crippen LogP contribution is 2.15. The highest BCUT2D eigenvalue weighted by Gasteiger charge is 2.30. The van der Waals surface area contributed by atoms with Gasteiger partial charge in [-0.15, -0.1) is 0 Å². The summed E-state index contributed by atoms with van der Waals surface area (Å²) in [6.07, 6.45) is -0.242. The van der Waals surface area contributed by atoms with Crippen LogP contribution in [0.3, 0.4) is 0 Å². The van der Waals surface area contributed by atoms with Crippen molar-refractivity contribution in [1.29, 1.82) is 0 Å². The summed E-state index contributed by atoms with van der Waals surface area (Å²) in [4.78, 5) is 11.7. The average molecular weight is 369 g/mol. The van der Waals surface area contributed by atoms with Gasteiger partial charge in [-0.1, -0.05) is 26.0 Å². The van der Waals surface area contributed by atoms with Crippen LogP contribution in [0.15, 0.2) is 24.3 Å². The Morgan fingerprint density at radius 3 is 2.28 bits per heavy atom.